The van der Waals surface area contributed by atoms with E-state index in [0.29, 0.717) is 17.1 Å². The Morgan fingerprint density at radius 2 is 2.25 bits per heavy atom. The summed E-state index contributed by atoms with van der Waals surface area (Å²) in [5, 5.41) is 3.36. The van der Waals surface area contributed by atoms with Crippen LogP contribution in [0.25, 0.3) is 0 Å². The molecule has 2 nitrogen and oxygen atoms in total. The van der Waals surface area contributed by atoms with Crippen LogP contribution in [0.3, 0.4) is 0 Å². The van der Waals surface area contributed by atoms with E-state index in [1.807, 2.05) is 0 Å². The smallest absolute Gasteiger partial charge is 0.253 e. The Kier molecular flexibility index (Phi) is 1.85. The topological polar surface area (TPSA) is 29.1 Å². The summed E-state index contributed by atoms with van der Waals surface area (Å²) in [4.78, 5) is 11.2. The first kappa shape index (κ1) is 8.08. The summed E-state index contributed by atoms with van der Waals surface area (Å²) in [6.07, 6.45) is 0. The molecule has 1 amide bonds. The molecule has 1 heterocycles. The Morgan fingerprint density at radius 1 is 1.50 bits per heavy atom. The molecule has 0 saturated carbocycles. The van der Waals surface area contributed by atoms with E-state index in [9.17, 15) is 4.79 Å². The molecule has 0 radical (unpaired) electrons. The molecular weight excluding hydrogens is 241 g/mol. The van der Waals surface area contributed by atoms with Crippen LogP contribution in [0, 0.1) is 0 Å². The molecule has 0 fully saturated rings. The van der Waals surface area contributed by atoms with Crippen LogP contribution in [0.4, 0.5) is 0 Å². The zero-order valence-electron chi connectivity index (χ0n) is 6.03. The highest BCUT2D eigenvalue weighted by Gasteiger charge is 2.23. The largest absolute Gasteiger partial charge is 0.348 e. The predicted octanol–water partition coefficient (Wildman–Crippen LogP) is 2.35. The molecule has 0 aromatic heterocycles. The number of rotatable bonds is 0. The van der Waals surface area contributed by atoms with Gasteiger partial charge in [0.25, 0.3) is 5.91 Å². The quantitative estimate of drug-likeness (QED) is 0.748. The lowest BCUT2D eigenvalue weighted by Crippen LogP contribution is -2.12. The second-order valence-corrected chi connectivity index (χ2v) is 3.83. The third-order valence-corrected chi connectivity index (χ3v) is 2.87. The summed E-state index contributed by atoms with van der Waals surface area (Å²) in [6, 6.07) is 3.57. The SMILES string of the molecule is O=C1NCc2c(Cl)ccc(Br)c21. The Balaban J connectivity index is 2.72. The molecule has 1 aromatic rings. The lowest BCUT2D eigenvalue weighted by atomic mass is 10.1. The molecule has 0 saturated heterocycles. The van der Waals surface area contributed by atoms with E-state index in [1.54, 1.807) is 12.1 Å². The van der Waals surface area contributed by atoms with Gasteiger partial charge in [-0.3, -0.25) is 4.79 Å². The molecule has 12 heavy (non-hydrogen) atoms. The normalized spacial score (nSPS) is 14.3. The number of halogens is 2. The van der Waals surface area contributed by atoms with Crippen molar-refractivity contribution in [2.45, 2.75) is 6.54 Å². The fourth-order valence-electron chi connectivity index (χ4n) is 1.27. The monoisotopic (exact) mass is 245 g/mol. The van der Waals surface area contributed by atoms with Gasteiger partial charge in [-0.25, -0.2) is 0 Å². The van der Waals surface area contributed by atoms with Crippen molar-refractivity contribution in [2.75, 3.05) is 0 Å². The highest BCUT2D eigenvalue weighted by molar-refractivity contribution is 9.10. The highest BCUT2D eigenvalue weighted by atomic mass is 79.9. The van der Waals surface area contributed by atoms with Crippen LogP contribution >= 0.6 is 27.5 Å². The fourth-order valence-corrected chi connectivity index (χ4v) is 2.05. The predicted molar refractivity (Wildman–Crippen MR) is 50.3 cm³/mol. The van der Waals surface area contributed by atoms with Crippen LogP contribution in [-0.4, -0.2) is 5.91 Å². The summed E-state index contributed by atoms with van der Waals surface area (Å²) in [5.41, 5.74) is 1.55. The van der Waals surface area contributed by atoms with Crippen molar-refractivity contribution in [1.82, 2.24) is 5.32 Å². The Hall–Kier alpha value is -0.540. The van der Waals surface area contributed by atoms with E-state index in [2.05, 4.69) is 21.2 Å². The van der Waals surface area contributed by atoms with Crippen LogP contribution in [-0.2, 0) is 6.54 Å². The van der Waals surface area contributed by atoms with E-state index in [0.717, 1.165) is 10.0 Å². The van der Waals surface area contributed by atoms with Crippen molar-refractivity contribution < 1.29 is 4.79 Å². The zero-order chi connectivity index (χ0) is 8.72. The number of carbonyl (C=O) groups is 1. The Bertz CT molecular complexity index is 364. The molecule has 0 unspecified atom stereocenters. The summed E-state index contributed by atoms with van der Waals surface area (Å²) in [6.45, 7) is 0.534. The first-order valence-corrected chi connectivity index (χ1v) is 4.62. The minimum atomic E-state index is -0.0561. The van der Waals surface area contributed by atoms with Gasteiger partial charge in [0.2, 0.25) is 0 Å². The zero-order valence-corrected chi connectivity index (χ0v) is 8.37. The van der Waals surface area contributed by atoms with E-state index in [-0.39, 0.29) is 5.91 Å². The minimum Gasteiger partial charge on any atom is -0.348 e. The number of amides is 1. The number of hydrogen-bond donors (Lipinski definition) is 1. The second kappa shape index (κ2) is 2.75. The van der Waals surface area contributed by atoms with Gasteiger partial charge in [0.1, 0.15) is 0 Å². The highest BCUT2D eigenvalue weighted by Crippen LogP contribution is 2.30. The van der Waals surface area contributed by atoms with Crippen molar-refractivity contribution in [2.24, 2.45) is 0 Å². The molecule has 0 spiro atoms. The van der Waals surface area contributed by atoms with Gasteiger partial charge >= 0.3 is 0 Å². The van der Waals surface area contributed by atoms with Crippen molar-refractivity contribution >= 4 is 33.4 Å². The molecule has 1 aromatic carbocycles. The van der Waals surface area contributed by atoms with Crippen LogP contribution < -0.4 is 5.32 Å². The van der Waals surface area contributed by atoms with Crippen LogP contribution in [0.1, 0.15) is 15.9 Å². The summed E-state index contributed by atoms with van der Waals surface area (Å²) in [7, 11) is 0. The van der Waals surface area contributed by atoms with Crippen molar-refractivity contribution in [3.05, 3.63) is 32.8 Å². The van der Waals surface area contributed by atoms with E-state index in [4.69, 9.17) is 11.6 Å². The third-order valence-electron chi connectivity index (χ3n) is 1.86. The summed E-state index contributed by atoms with van der Waals surface area (Å²) in [5.74, 6) is -0.0561. The molecular formula is C8H5BrClNO. The van der Waals surface area contributed by atoms with Gasteiger partial charge in [-0.15, -0.1) is 0 Å². The summed E-state index contributed by atoms with van der Waals surface area (Å²) >= 11 is 9.20. The van der Waals surface area contributed by atoms with Gasteiger partial charge in [0.15, 0.2) is 0 Å². The molecule has 0 aliphatic carbocycles. The molecule has 1 aliphatic rings. The molecule has 1 N–H and O–H groups in total. The van der Waals surface area contributed by atoms with Gasteiger partial charge in [-0.05, 0) is 28.1 Å². The number of carbonyl (C=O) groups excluding carboxylic acids is 1. The van der Waals surface area contributed by atoms with E-state index in [1.165, 1.54) is 0 Å². The van der Waals surface area contributed by atoms with Gasteiger partial charge in [-0.2, -0.15) is 0 Å². The first-order valence-electron chi connectivity index (χ1n) is 3.45. The number of hydrogen-bond acceptors (Lipinski definition) is 1. The molecule has 62 valence electrons. The minimum absolute atomic E-state index is 0.0561. The third kappa shape index (κ3) is 1.04. The lowest BCUT2D eigenvalue weighted by Gasteiger charge is -2.00. The van der Waals surface area contributed by atoms with Gasteiger partial charge in [0.05, 0.1) is 5.56 Å². The van der Waals surface area contributed by atoms with Crippen molar-refractivity contribution in [3.63, 3.8) is 0 Å². The average molecular weight is 246 g/mol. The maximum absolute atomic E-state index is 11.2. The number of benzene rings is 1. The van der Waals surface area contributed by atoms with Gasteiger partial charge in [-0.1, -0.05) is 11.6 Å². The molecule has 0 atom stereocenters. The Labute approximate surface area is 83.0 Å². The van der Waals surface area contributed by atoms with Crippen LogP contribution in [0.15, 0.2) is 16.6 Å². The van der Waals surface area contributed by atoms with E-state index >= 15 is 0 Å². The van der Waals surface area contributed by atoms with E-state index < -0.39 is 0 Å². The maximum atomic E-state index is 11.2. The molecule has 4 heteroatoms. The number of nitrogens with one attached hydrogen (secondary N) is 1. The molecule has 1 aliphatic heterocycles. The average Bonchev–Trinajstić information content (AvgIpc) is 2.42. The van der Waals surface area contributed by atoms with Gasteiger partial charge in [0, 0.05) is 21.6 Å². The second-order valence-electron chi connectivity index (χ2n) is 2.57. The molecule has 0 bridgehead atoms. The number of fused-ring (bicyclic) bond motifs is 1. The van der Waals surface area contributed by atoms with Crippen LogP contribution in [0.2, 0.25) is 5.02 Å². The van der Waals surface area contributed by atoms with Gasteiger partial charge < -0.3 is 5.32 Å². The maximum Gasteiger partial charge on any atom is 0.253 e. The standard InChI is InChI=1S/C8H5BrClNO/c9-5-1-2-6(10)4-3-11-8(12)7(4)5/h1-2H,3H2,(H,11,12). The first-order chi connectivity index (χ1) is 5.70. The van der Waals surface area contributed by atoms with Crippen molar-refractivity contribution in [1.29, 1.82) is 0 Å². The fraction of sp³-hybridized carbons (Fsp3) is 0.125. The van der Waals surface area contributed by atoms with Crippen molar-refractivity contribution in [3.8, 4) is 0 Å². The summed E-state index contributed by atoms with van der Waals surface area (Å²) < 4.78 is 0.803. The lowest BCUT2D eigenvalue weighted by molar-refractivity contribution is 0.0965. The molecule has 2 rings (SSSR count). The Morgan fingerprint density at radius 3 is 2.92 bits per heavy atom. The van der Waals surface area contributed by atoms with Crippen LogP contribution in [0.5, 0.6) is 0 Å².